The van der Waals surface area contributed by atoms with Crippen LogP contribution in [0.15, 0.2) is 0 Å². The Morgan fingerprint density at radius 3 is 1.78 bits per heavy atom. The van der Waals surface area contributed by atoms with Crippen LogP contribution in [0.1, 0.15) is 53.4 Å². The third kappa shape index (κ3) is 11.5. The second-order valence-corrected chi connectivity index (χ2v) is 11.0. The fourth-order valence-electron chi connectivity index (χ4n) is 4.39. The van der Waals surface area contributed by atoms with Crippen molar-refractivity contribution in [3.05, 3.63) is 0 Å². The largest absolute Gasteiger partial charge is 0.481 e. The molecule has 8 atom stereocenters. The van der Waals surface area contributed by atoms with Gasteiger partial charge in [0.1, 0.15) is 36.3 Å². The van der Waals surface area contributed by atoms with E-state index in [1.54, 1.807) is 6.92 Å². The topological polar surface area (TPSA) is 307 Å². The molecule has 0 aromatic carbocycles. The number of likely N-dealkylation sites (tertiary alicyclic amines) is 1. The lowest BCUT2D eigenvalue weighted by atomic mass is 9.99. The highest BCUT2D eigenvalue weighted by molar-refractivity contribution is 5.98. The fraction of sp³-hybridized carbons (Fsp3) is 0.704. The highest BCUT2D eigenvalue weighted by atomic mass is 16.4. The first kappa shape index (κ1) is 39.7. The molecule has 1 saturated heterocycles. The van der Waals surface area contributed by atoms with Gasteiger partial charge < -0.3 is 57.6 Å². The Kier molecular flexibility index (Phi) is 16.0. The standard InChI is InChI=1S/C27H45N7O12/c1-5-12(2)20(28)25(43)32-16(10-35)26(44)34-8-6-7-18(34)24(42)31-15(9-19(37)38)23(41)30-13(3)21(39)29-14(4)22(40)33-17(11-36)27(45)46/h12-18,20,35-36H,5-11,28H2,1-4H3,(H,29,39)(H,30,41)(H,31,42)(H,32,43)(H,33,40)(H,37,38)(H,45,46)/t12-,13-,14-,15-,16-,17-,18-,20-/m0/s1. The van der Waals surface area contributed by atoms with Crippen molar-refractivity contribution in [3.63, 3.8) is 0 Å². The Bertz CT molecular complexity index is 1150. The minimum atomic E-state index is -1.69. The SMILES string of the molecule is CC[C@H](C)[C@H](N)C(=O)N[C@@H](CO)C(=O)N1CCC[C@H]1C(=O)N[C@@H](CC(=O)O)C(=O)N[C@@H](C)C(=O)N[C@@H](C)C(=O)N[C@@H](CO)C(=O)O. The summed E-state index contributed by atoms with van der Waals surface area (Å²) in [5, 5.41) is 48.3. The van der Waals surface area contributed by atoms with Gasteiger partial charge in [0.25, 0.3) is 0 Å². The minimum Gasteiger partial charge on any atom is -0.481 e. The molecule has 19 nitrogen and oxygen atoms in total. The number of aliphatic hydroxyl groups excluding tert-OH is 2. The van der Waals surface area contributed by atoms with Crippen LogP contribution in [0.4, 0.5) is 0 Å². The molecule has 0 unspecified atom stereocenters. The van der Waals surface area contributed by atoms with E-state index in [9.17, 15) is 48.6 Å². The number of carbonyl (C=O) groups excluding carboxylic acids is 6. The van der Waals surface area contributed by atoms with Crippen molar-refractivity contribution in [2.45, 2.75) is 95.7 Å². The Morgan fingerprint density at radius 1 is 0.761 bits per heavy atom. The van der Waals surface area contributed by atoms with E-state index >= 15 is 0 Å². The van der Waals surface area contributed by atoms with Crippen molar-refractivity contribution in [1.82, 2.24) is 31.5 Å². The van der Waals surface area contributed by atoms with E-state index < -0.39 is 109 Å². The van der Waals surface area contributed by atoms with E-state index in [-0.39, 0.29) is 18.9 Å². The number of carboxylic acid groups (broad SMARTS) is 2. The first-order valence-electron chi connectivity index (χ1n) is 14.7. The number of carboxylic acids is 2. The predicted molar refractivity (Wildman–Crippen MR) is 157 cm³/mol. The van der Waals surface area contributed by atoms with Crippen LogP contribution in [-0.4, -0.2) is 135 Å². The van der Waals surface area contributed by atoms with Gasteiger partial charge in [-0.1, -0.05) is 20.3 Å². The predicted octanol–water partition coefficient (Wildman–Crippen LogP) is -4.64. The van der Waals surface area contributed by atoms with Gasteiger partial charge in [0, 0.05) is 6.54 Å². The summed E-state index contributed by atoms with van der Waals surface area (Å²) in [4.78, 5) is 100. The van der Waals surface area contributed by atoms with E-state index in [1.807, 2.05) is 12.2 Å². The summed E-state index contributed by atoms with van der Waals surface area (Å²) in [5.41, 5.74) is 5.91. The molecular weight excluding hydrogens is 614 g/mol. The van der Waals surface area contributed by atoms with Gasteiger partial charge in [0.2, 0.25) is 35.4 Å². The van der Waals surface area contributed by atoms with E-state index in [0.717, 1.165) is 4.90 Å². The van der Waals surface area contributed by atoms with Gasteiger partial charge in [-0.15, -0.1) is 0 Å². The van der Waals surface area contributed by atoms with Crippen molar-refractivity contribution in [2.24, 2.45) is 11.7 Å². The lowest BCUT2D eigenvalue weighted by Crippen LogP contribution is -2.59. The first-order valence-corrected chi connectivity index (χ1v) is 14.7. The second kappa shape index (κ2) is 18.6. The summed E-state index contributed by atoms with van der Waals surface area (Å²) in [6, 6.07) is -9.47. The molecule has 0 radical (unpaired) electrons. The second-order valence-electron chi connectivity index (χ2n) is 11.0. The maximum atomic E-state index is 13.2. The van der Waals surface area contributed by atoms with Crippen LogP contribution in [0, 0.1) is 5.92 Å². The summed E-state index contributed by atoms with van der Waals surface area (Å²) in [7, 11) is 0. The van der Waals surface area contributed by atoms with E-state index in [4.69, 9.17) is 15.9 Å². The molecule has 1 heterocycles. The molecular formula is C27H45N7O12. The number of amides is 6. The Balaban J connectivity index is 2.92. The van der Waals surface area contributed by atoms with Crippen LogP contribution in [0.25, 0.3) is 0 Å². The first-order chi connectivity index (χ1) is 21.5. The zero-order chi connectivity index (χ0) is 35.3. The summed E-state index contributed by atoms with van der Waals surface area (Å²) in [6.45, 7) is 4.39. The van der Waals surface area contributed by atoms with Gasteiger partial charge in [0.15, 0.2) is 0 Å². The molecule has 1 aliphatic heterocycles. The summed E-state index contributed by atoms with van der Waals surface area (Å²) in [6.07, 6.45) is 0.180. The van der Waals surface area contributed by atoms with Crippen LogP contribution in [0.5, 0.6) is 0 Å². The number of rotatable bonds is 18. The third-order valence-corrected chi connectivity index (χ3v) is 7.51. The molecule has 0 bridgehead atoms. The molecule has 19 heteroatoms. The molecule has 6 amide bonds. The van der Waals surface area contributed by atoms with Gasteiger partial charge in [-0.05, 0) is 32.6 Å². The van der Waals surface area contributed by atoms with Gasteiger partial charge in [-0.2, -0.15) is 0 Å². The fourth-order valence-corrected chi connectivity index (χ4v) is 4.39. The maximum Gasteiger partial charge on any atom is 0.328 e. The number of aliphatic hydroxyl groups is 2. The van der Waals surface area contributed by atoms with Crippen LogP contribution in [0.2, 0.25) is 0 Å². The van der Waals surface area contributed by atoms with Crippen LogP contribution < -0.4 is 32.3 Å². The Hall–Kier alpha value is -4.36. The van der Waals surface area contributed by atoms with E-state index in [0.29, 0.717) is 12.8 Å². The van der Waals surface area contributed by atoms with Gasteiger partial charge >= 0.3 is 11.9 Å². The van der Waals surface area contributed by atoms with Gasteiger partial charge in [-0.3, -0.25) is 33.6 Å². The van der Waals surface area contributed by atoms with Crippen LogP contribution in [-0.2, 0) is 38.4 Å². The molecule has 1 rings (SSSR count). The number of hydrogen-bond acceptors (Lipinski definition) is 11. The molecule has 260 valence electrons. The van der Waals surface area contributed by atoms with Gasteiger partial charge in [-0.25, -0.2) is 4.79 Å². The quantitative estimate of drug-likeness (QED) is 0.0663. The van der Waals surface area contributed by atoms with Crippen molar-refractivity contribution < 1.29 is 58.8 Å². The Labute approximate surface area is 265 Å². The third-order valence-electron chi connectivity index (χ3n) is 7.51. The molecule has 0 saturated carbocycles. The summed E-state index contributed by atoms with van der Waals surface area (Å²) in [5.74, 6) is -8.44. The normalized spacial score (nSPS) is 18.8. The highest BCUT2D eigenvalue weighted by Crippen LogP contribution is 2.19. The number of nitrogens with two attached hydrogens (primary N) is 1. The lowest BCUT2D eigenvalue weighted by Gasteiger charge is -2.30. The monoisotopic (exact) mass is 659 g/mol. The molecule has 1 fully saturated rings. The smallest absolute Gasteiger partial charge is 0.328 e. The summed E-state index contributed by atoms with van der Waals surface area (Å²) >= 11 is 0. The molecule has 0 aromatic rings. The average Bonchev–Trinajstić information content (AvgIpc) is 3.50. The van der Waals surface area contributed by atoms with Crippen molar-refractivity contribution in [1.29, 1.82) is 0 Å². The zero-order valence-electron chi connectivity index (χ0n) is 26.1. The molecule has 0 spiro atoms. The zero-order valence-corrected chi connectivity index (χ0v) is 26.1. The van der Waals surface area contributed by atoms with Crippen molar-refractivity contribution in [2.75, 3.05) is 19.8 Å². The molecule has 11 N–H and O–H groups in total. The Morgan fingerprint density at radius 2 is 1.28 bits per heavy atom. The minimum absolute atomic E-state index is 0.0744. The molecule has 46 heavy (non-hydrogen) atoms. The number of hydrogen-bond donors (Lipinski definition) is 10. The van der Waals surface area contributed by atoms with Crippen LogP contribution in [0.3, 0.4) is 0 Å². The number of aliphatic carboxylic acids is 2. The summed E-state index contributed by atoms with van der Waals surface area (Å²) < 4.78 is 0. The number of carbonyl (C=O) groups is 8. The molecule has 0 aromatic heterocycles. The number of nitrogens with zero attached hydrogens (tertiary/aromatic N) is 1. The van der Waals surface area contributed by atoms with Gasteiger partial charge in [0.05, 0.1) is 25.7 Å². The lowest BCUT2D eigenvalue weighted by molar-refractivity contribution is -0.144. The molecule has 0 aliphatic carbocycles. The highest BCUT2D eigenvalue weighted by Gasteiger charge is 2.40. The molecule has 1 aliphatic rings. The van der Waals surface area contributed by atoms with E-state index in [1.165, 1.54) is 13.8 Å². The van der Waals surface area contributed by atoms with Crippen molar-refractivity contribution in [3.8, 4) is 0 Å². The average molecular weight is 660 g/mol. The van der Waals surface area contributed by atoms with Crippen LogP contribution >= 0.6 is 0 Å². The number of nitrogens with one attached hydrogen (secondary N) is 5. The van der Waals surface area contributed by atoms with E-state index in [2.05, 4.69) is 21.3 Å². The maximum absolute atomic E-state index is 13.2. The van der Waals surface area contributed by atoms with Crippen molar-refractivity contribution >= 4 is 47.4 Å².